The summed E-state index contributed by atoms with van der Waals surface area (Å²) in [5.41, 5.74) is 5.35. The normalized spacial score (nSPS) is 18.6. The number of benzene rings is 2. The Balaban J connectivity index is 1.69. The number of nitrogens with zero attached hydrogens (tertiary/aromatic N) is 2. The maximum absolute atomic E-state index is 12.4. The molecule has 2 aromatic rings. The smallest absolute Gasteiger partial charge is 0.219 e. The van der Waals surface area contributed by atoms with Gasteiger partial charge < -0.3 is 34.2 Å². The van der Waals surface area contributed by atoms with E-state index in [4.69, 9.17) is 0 Å². The molecule has 0 aliphatic carbocycles. The highest BCUT2D eigenvalue weighted by Gasteiger charge is 2.45. The van der Waals surface area contributed by atoms with Crippen molar-refractivity contribution in [2.75, 3.05) is 42.6 Å². The zero-order valence-electron chi connectivity index (χ0n) is 35.2. The molecule has 2 heterocycles. The van der Waals surface area contributed by atoms with E-state index < -0.39 is 72.6 Å². The standard InChI is InChI=1S/C41H58N4O13S4/c1-40(2)33-29-31(61(53,54)55)18-20-35(33)44(25-13-27-59(47,48)49)37(40)15-7-4-8-16-38-41(3,22-10-5-9-17-39(46)43-24-12-6-11-23-42)34-30-32(62(56,57)58)19-21-36(34)45(38)26-14-28-60(50,51)52/h4,7-8,15-16,18-21,29-30H,5-6,9-14,17,22-28,42H2,1-3H3,(H4-,43,46,47,48,49,50,51,52,53,54,55,56,57,58)/p-2. The van der Waals surface area contributed by atoms with Crippen molar-refractivity contribution in [1.29, 1.82) is 0 Å². The number of allylic oxidation sites excluding steroid dienone is 6. The Hall–Kier alpha value is -3.80. The van der Waals surface area contributed by atoms with E-state index in [1.807, 2.05) is 6.92 Å². The first-order valence-electron chi connectivity index (χ1n) is 20.4. The summed E-state index contributed by atoms with van der Waals surface area (Å²) in [4.78, 5) is 13.4. The highest BCUT2D eigenvalue weighted by molar-refractivity contribution is 7.86. The predicted molar refractivity (Wildman–Crippen MR) is 229 cm³/mol. The zero-order valence-corrected chi connectivity index (χ0v) is 38.5. The molecule has 62 heavy (non-hydrogen) atoms. The second kappa shape index (κ2) is 20.8. The van der Waals surface area contributed by atoms with Gasteiger partial charge in [0.15, 0.2) is 5.71 Å². The van der Waals surface area contributed by atoms with E-state index in [1.165, 1.54) is 36.4 Å². The number of hydrogen-bond acceptors (Lipinski definition) is 14. The SMILES string of the molecule is CC1(C)C(/C=C/C=C/C=C2\N(CCCS(=O)(=O)[O-])c3ccc(S(=O)(=O)[O-])cc3C2(C)CCCCCC(=O)NCCCCC[NH3+])=[N+](CCCS(=O)(=O)[O-])c2ccc(S(=O)(=O)[O-])cc21. The van der Waals surface area contributed by atoms with E-state index in [1.54, 1.807) is 53.7 Å². The molecule has 4 rings (SSSR count). The van der Waals surface area contributed by atoms with Crippen molar-refractivity contribution in [3.05, 3.63) is 83.6 Å². The molecule has 1 amide bonds. The predicted octanol–water partition coefficient (Wildman–Crippen LogP) is 2.99. The molecule has 0 fully saturated rings. The number of anilines is 1. The maximum atomic E-state index is 12.4. The molecule has 0 saturated heterocycles. The molecule has 0 saturated carbocycles. The largest absolute Gasteiger partial charge is 0.748 e. The van der Waals surface area contributed by atoms with Crippen molar-refractivity contribution in [3.63, 3.8) is 0 Å². The van der Waals surface area contributed by atoms with Gasteiger partial charge in [-0.3, -0.25) is 4.79 Å². The lowest BCUT2D eigenvalue weighted by atomic mass is 9.77. The van der Waals surface area contributed by atoms with Gasteiger partial charge in [0.25, 0.3) is 0 Å². The lowest BCUT2D eigenvalue weighted by molar-refractivity contribution is -0.437. The van der Waals surface area contributed by atoms with E-state index >= 15 is 0 Å². The minimum Gasteiger partial charge on any atom is -0.748 e. The first kappa shape index (κ1) is 50.8. The van der Waals surface area contributed by atoms with Gasteiger partial charge in [0.1, 0.15) is 26.8 Å². The van der Waals surface area contributed by atoms with Crippen molar-refractivity contribution in [2.24, 2.45) is 0 Å². The summed E-state index contributed by atoms with van der Waals surface area (Å²) >= 11 is 0. The van der Waals surface area contributed by atoms with Gasteiger partial charge in [-0.2, -0.15) is 4.58 Å². The summed E-state index contributed by atoms with van der Waals surface area (Å²) in [5, 5.41) is 2.93. The third-order valence-corrected chi connectivity index (χ3v) is 14.5. The Kier molecular flexibility index (Phi) is 17.1. The minimum atomic E-state index is -4.86. The van der Waals surface area contributed by atoms with Crippen LogP contribution in [0.15, 0.2) is 82.3 Å². The van der Waals surface area contributed by atoms with Crippen molar-refractivity contribution < 1.29 is 67.0 Å². The molecule has 344 valence electrons. The number of carbonyl (C=O) groups excluding carboxylic acids is 1. The molecule has 2 aromatic carbocycles. The summed E-state index contributed by atoms with van der Waals surface area (Å²) in [7, 11) is -18.8. The van der Waals surface area contributed by atoms with Gasteiger partial charge in [0, 0.05) is 71.9 Å². The molecule has 0 aromatic heterocycles. The summed E-state index contributed by atoms with van der Waals surface area (Å²) in [6, 6.07) is 7.92. The van der Waals surface area contributed by atoms with Crippen LogP contribution in [-0.4, -0.2) is 106 Å². The lowest BCUT2D eigenvalue weighted by Gasteiger charge is -2.31. The van der Waals surface area contributed by atoms with Crippen LogP contribution in [0.1, 0.15) is 96.1 Å². The fourth-order valence-corrected chi connectivity index (χ4v) is 10.1. The molecule has 0 bridgehead atoms. The van der Waals surface area contributed by atoms with Crippen LogP contribution in [0.25, 0.3) is 0 Å². The Morgan fingerprint density at radius 3 is 1.98 bits per heavy atom. The van der Waals surface area contributed by atoms with Crippen LogP contribution in [0.2, 0.25) is 0 Å². The Morgan fingerprint density at radius 1 is 0.742 bits per heavy atom. The van der Waals surface area contributed by atoms with Gasteiger partial charge >= 0.3 is 0 Å². The average Bonchev–Trinajstić information content (AvgIpc) is 3.51. The van der Waals surface area contributed by atoms with Crippen LogP contribution >= 0.6 is 0 Å². The maximum Gasteiger partial charge on any atom is 0.219 e. The van der Waals surface area contributed by atoms with E-state index in [0.29, 0.717) is 72.6 Å². The van der Waals surface area contributed by atoms with Gasteiger partial charge in [-0.15, -0.1) is 0 Å². The molecule has 4 N–H and O–H groups in total. The third-order valence-electron chi connectivity index (χ3n) is 11.3. The topological polar surface area (TPSA) is 292 Å². The number of hydrogen-bond donors (Lipinski definition) is 2. The number of amides is 1. The second-order valence-corrected chi connectivity index (χ2v) is 22.1. The molecule has 2 aliphatic rings. The monoisotopic (exact) mass is 940 g/mol. The molecule has 17 nitrogen and oxygen atoms in total. The molecule has 1 unspecified atom stereocenters. The van der Waals surface area contributed by atoms with Crippen molar-refractivity contribution in [1.82, 2.24) is 5.32 Å². The fourth-order valence-electron chi connectivity index (χ4n) is 8.13. The van der Waals surface area contributed by atoms with Crippen molar-refractivity contribution in [3.8, 4) is 0 Å². The number of quaternary nitrogens is 1. The van der Waals surface area contributed by atoms with Crippen LogP contribution in [0, 0.1) is 0 Å². The van der Waals surface area contributed by atoms with Crippen LogP contribution in [-0.2, 0) is 56.1 Å². The van der Waals surface area contributed by atoms with Gasteiger partial charge in [-0.1, -0.05) is 31.1 Å². The van der Waals surface area contributed by atoms with E-state index in [0.717, 1.165) is 25.8 Å². The first-order chi connectivity index (χ1) is 28.8. The Bertz CT molecular complexity index is 2550. The Morgan fingerprint density at radius 2 is 1.35 bits per heavy atom. The molecule has 2 aliphatic heterocycles. The first-order valence-corrected chi connectivity index (χ1v) is 26.4. The van der Waals surface area contributed by atoms with Crippen LogP contribution in [0.3, 0.4) is 0 Å². The zero-order chi connectivity index (χ0) is 46.1. The van der Waals surface area contributed by atoms with Crippen molar-refractivity contribution in [2.45, 2.75) is 106 Å². The number of fused-ring (bicyclic) bond motifs is 2. The van der Waals surface area contributed by atoms with Gasteiger partial charge in [-0.25, -0.2) is 33.7 Å². The van der Waals surface area contributed by atoms with E-state index in [-0.39, 0.29) is 31.8 Å². The van der Waals surface area contributed by atoms with Crippen LogP contribution in [0.5, 0.6) is 0 Å². The molecule has 0 radical (unpaired) electrons. The fraction of sp³-hybridized carbons (Fsp3) is 0.512. The number of unbranched alkanes of at least 4 members (excludes halogenated alkanes) is 4. The van der Waals surface area contributed by atoms with Gasteiger partial charge in [0.2, 0.25) is 11.6 Å². The molecular formula is C41H56N4O13S4-2. The number of carbonyl (C=O) groups is 1. The summed E-state index contributed by atoms with van der Waals surface area (Å²) < 4.78 is 143. The molecule has 21 heteroatoms. The summed E-state index contributed by atoms with van der Waals surface area (Å²) in [5.74, 6) is -1.34. The Labute approximate surface area is 365 Å². The summed E-state index contributed by atoms with van der Waals surface area (Å²) in [6.45, 7) is 7.08. The lowest BCUT2D eigenvalue weighted by Crippen LogP contribution is -2.50. The number of nitrogens with one attached hydrogen (secondary N) is 1. The molecule has 1 atom stereocenters. The molecule has 0 spiro atoms. The van der Waals surface area contributed by atoms with E-state index in [9.17, 15) is 56.7 Å². The minimum absolute atomic E-state index is 0.0369. The summed E-state index contributed by atoms with van der Waals surface area (Å²) in [6.07, 6.45) is 13.9. The average molecular weight is 941 g/mol. The highest BCUT2D eigenvalue weighted by atomic mass is 32.2. The van der Waals surface area contributed by atoms with E-state index in [2.05, 4.69) is 11.1 Å². The van der Waals surface area contributed by atoms with Crippen LogP contribution < -0.4 is 16.0 Å². The third kappa shape index (κ3) is 13.6. The van der Waals surface area contributed by atoms with Gasteiger partial charge in [-0.05, 0) is 101 Å². The van der Waals surface area contributed by atoms with Gasteiger partial charge in [0.05, 0.1) is 42.0 Å². The second-order valence-electron chi connectivity index (χ2n) is 16.3. The van der Waals surface area contributed by atoms with Crippen molar-refractivity contribution >= 4 is 63.5 Å². The number of rotatable bonds is 24. The quantitative estimate of drug-likeness (QED) is 0.0662. The molecular weight excluding hydrogens is 885 g/mol. The highest BCUT2D eigenvalue weighted by Crippen LogP contribution is 2.51. The van der Waals surface area contributed by atoms with Crippen LogP contribution in [0.4, 0.5) is 11.4 Å².